The number of hydrogen-bond donors (Lipinski definition) is 0. The summed E-state index contributed by atoms with van der Waals surface area (Å²) in [4.78, 5) is 31.0. The fourth-order valence-corrected chi connectivity index (χ4v) is 3.32. The van der Waals surface area contributed by atoms with E-state index in [0.717, 1.165) is 5.69 Å². The van der Waals surface area contributed by atoms with Crippen LogP contribution in [0.4, 0.5) is 5.69 Å². The summed E-state index contributed by atoms with van der Waals surface area (Å²) in [7, 11) is 0. The van der Waals surface area contributed by atoms with Crippen molar-refractivity contribution >= 4 is 17.5 Å². The Balaban J connectivity index is 1.60. The standard InChI is InChI=1S/C20H25N3O3/c1-3-23(17-8-5-4-6-9-17)19(24)16(2)21-11-13-22(14-12-21)20(25)18-10-7-15-26-18/h4-10,15-16H,3,11-14H2,1-2H3. The molecule has 1 unspecified atom stereocenters. The highest BCUT2D eigenvalue weighted by Gasteiger charge is 2.30. The summed E-state index contributed by atoms with van der Waals surface area (Å²) >= 11 is 0. The molecule has 1 atom stereocenters. The highest BCUT2D eigenvalue weighted by Crippen LogP contribution is 2.17. The number of likely N-dealkylation sites (N-methyl/N-ethyl adjacent to an activating group) is 1. The minimum atomic E-state index is -0.226. The fraction of sp³-hybridized carbons (Fsp3) is 0.400. The largest absolute Gasteiger partial charge is 0.459 e. The van der Waals surface area contributed by atoms with Gasteiger partial charge in [0.25, 0.3) is 5.91 Å². The Morgan fingerprint density at radius 3 is 2.35 bits per heavy atom. The normalized spacial score (nSPS) is 16.3. The van der Waals surface area contributed by atoms with Crippen LogP contribution in [0.2, 0.25) is 0 Å². The van der Waals surface area contributed by atoms with Gasteiger partial charge in [-0.15, -0.1) is 0 Å². The molecule has 6 nitrogen and oxygen atoms in total. The number of nitrogens with zero attached hydrogens (tertiary/aromatic N) is 3. The highest BCUT2D eigenvalue weighted by molar-refractivity contribution is 5.97. The summed E-state index contributed by atoms with van der Waals surface area (Å²) < 4.78 is 5.19. The van der Waals surface area contributed by atoms with E-state index in [1.807, 2.05) is 49.1 Å². The van der Waals surface area contributed by atoms with E-state index >= 15 is 0 Å². The fourth-order valence-electron chi connectivity index (χ4n) is 3.32. The molecule has 0 spiro atoms. The molecule has 2 amide bonds. The molecule has 138 valence electrons. The summed E-state index contributed by atoms with van der Waals surface area (Å²) in [5, 5.41) is 0. The van der Waals surface area contributed by atoms with E-state index in [1.165, 1.54) is 6.26 Å². The zero-order chi connectivity index (χ0) is 18.5. The molecular formula is C20H25N3O3. The third-order valence-corrected chi connectivity index (χ3v) is 4.89. The van der Waals surface area contributed by atoms with Gasteiger partial charge >= 0.3 is 0 Å². The van der Waals surface area contributed by atoms with Crippen LogP contribution in [-0.2, 0) is 4.79 Å². The molecule has 1 aromatic heterocycles. The van der Waals surface area contributed by atoms with Crippen molar-refractivity contribution < 1.29 is 14.0 Å². The van der Waals surface area contributed by atoms with Crippen LogP contribution in [0.25, 0.3) is 0 Å². The molecule has 1 aromatic carbocycles. The van der Waals surface area contributed by atoms with Gasteiger partial charge in [-0.25, -0.2) is 0 Å². The van der Waals surface area contributed by atoms with Crippen LogP contribution in [0.5, 0.6) is 0 Å². The number of piperazine rings is 1. The SMILES string of the molecule is CCN(C(=O)C(C)N1CCN(C(=O)c2ccco2)CC1)c1ccccc1. The average Bonchev–Trinajstić information content (AvgIpc) is 3.23. The van der Waals surface area contributed by atoms with Gasteiger partial charge < -0.3 is 14.2 Å². The number of carbonyl (C=O) groups excluding carboxylic acids is 2. The lowest BCUT2D eigenvalue weighted by Crippen LogP contribution is -2.55. The number of rotatable bonds is 5. The van der Waals surface area contributed by atoms with Crippen molar-refractivity contribution in [2.24, 2.45) is 0 Å². The Morgan fingerprint density at radius 2 is 1.77 bits per heavy atom. The van der Waals surface area contributed by atoms with E-state index in [-0.39, 0.29) is 17.9 Å². The van der Waals surface area contributed by atoms with Gasteiger partial charge in [0.15, 0.2) is 5.76 Å². The quantitative estimate of drug-likeness (QED) is 0.827. The van der Waals surface area contributed by atoms with Crippen molar-refractivity contribution in [3.8, 4) is 0 Å². The number of para-hydroxylation sites is 1. The van der Waals surface area contributed by atoms with Crippen LogP contribution in [0.15, 0.2) is 53.1 Å². The van der Waals surface area contributed by atoms with Crippen LogP contribution in [0.1, 0.15) is 24.4 Å². The zero-order valence-corrected chi connectivity index (χ0v) is 15.3. The number of amides is 2. The van der Waals surface area contributed by atoms with Gasteiger partial charge in [-0.1, -0.05) is 18.2 Å². The van der Waals surface area contributed by atoms with Crippen LogP contribution in [0, 0.1) is 0 Å². The molecule has 0 bridgehead atoms. The third kappa shape index (κ3) is 3.80. The van der Waals surface area contributed by atoms with E-state index in [9.17, 15) is 9.59 Å². The smallest absolute Gasteiger partial charge is 0.289 e. The Bertz CT molecular complexity index is 722. The molecule has 2 heterocycles. The maximum absolute atomic E-state index is 13.0. The van der Waals surface area contributed by atoms with Crippen LogP contribution >= 0.6 is 0 Å². The minimum absolute atomic E-state index is 0.0875. The minimum Gasteiger partial charge on any atom is -0.459 e. The van der Waals surface area contributed by atoms with Crippen molar-refractivity contribution in [1.82, 2.24) is 9.80 Å². The second-order valence-electron chi connectivity index (χ2n) is 6.40. The molecule has 1 fully saturated rings. The Labute approximate surface area is 154 Å². The van der Waals surface area contributed by atoms with Gasteiger partial charge in [0.2, 0.25) is 5.91 Å². The van der Waals surface area contributed by atoms with Gasteiger partial charge in [0.05, 0.1) is 12.3 Å². The van der Waals surface area contributed by atoms with Gasteiger partial charge in [0.1, 0.15) is 0 Å². The molecule has 6 heteroatoms. The second kappa shape index (κ2) is 8.19. The van der Waals surface area contributed by atoms with Crippen LogP contribution in [0.3, 0.4) is 0 Å². The number of carbonyl (C=O) groups is 2. The summed E-state index contributed by atoms with van der Waals surface area (Å²) in [5.74, 6) is 0.362. The van der Waals surface area contributed by atoms with E-state index in [4.69, 9.17) is 4.42 Å². The molecular weight excluding hydrogens is 330 g/mol. The van der Waals surface area contributed by atoms with Crippen molar-refractivity contribution in [3.63, 3.8) is 0 Å². The first-order valence-electron chi connectivity index (χ1n) is 9.05. The van der Waals surface area contributed by atoms with E-state index in [0.29, 0.717) is 38.5 Å². The lowest BCUT2D eigenvalue weighted by molar-refractivity contribution is -0.123. The maximum Gasteiger partial charge on any atom is 0.289 e. The first-order valence-corrected chi connectivity index (χ1v) is 9.05. The number of benzene rings is 1. The molecule has 2 aromatic rings. The molecule has 0 N–H and O–H groups in total. The highest BCUT2D eigenvalue weighted by atomic mass is 16.3. The number of hydrogen-bond acceptors (Lipinski definition) is 4. The topological polar surface area (TPSA) is 57.0 Å². The van der Waals surface area contributed by atoms with Crippen molar-refractivity contribution in [3.05, 3.63) is 54.5 Å². The van der Waals surface area contributed by atoms with Crippen molar-refractivity contribution in [2.75, 3.05) is 37.6 Å². The lowest BCUT2D eigenvalue weighted by Gasteiger charge is -2.38. The Kier molecular flexibility index (Phi) is 5.73. The second-order valence-corrected chi connectivity index (χ2v) is 6.40. The van der Waals surface area contributed by atoms with E-state index < -0.39 is 0 Å². The number of furan rings is 1. The lowest BCUT2D eigenvalue weighted by atomic mass is 10.1. The summed E-state index contributed by atoms with van der Waals surface area (Å²) in [6.07, 6.45) is 1.51. The van der Waals surface area contributed by atoms with Crippen molar-refractivity contribution in [2.45, 2.75) is 19.9 Å². The summed E-state index contributed by atoms with van der Waals surface area (Å²) in [5.41, 5.74) is 0.915. The molecule has 1 saturated heterocycles. The molecule has 1 aliphatic rings. The van der Waals surface area contributed by atoms with E-state index in [2.05, 4.69) is 4.90 Å². The summed E-state index contributed by atoms with van der Waals surface area (Å²) in [6, 6.07) is 12.9. The predicted octanol–water partition coefficient (Wildman–Crippen LogP) is 2.48. The predicted molar refractivity (Wildman–Crippen MR) is 100 cm³/mol. The molecule has 26 heavy (non-hydrogen) atoms. The monoisotopic (exact) mass is 355 g/mol. The Hall–Kier alpha value is -2.60. The zero-order valence-electron chi connectivity index (χ0n) is 15.3. The molecule has 3 rings (SSSR count). The van der Waals surface area contributed by atoms with E-state index in [1.54, 1.807) is 17.0 Å². The molecule has 0 saturated carbocycles. The first kappa shape index (κ1) is 18.2. The van der Waals surface area contributed by atoms with Gasteiger partial charge in [-0.3, -0.25) is 14.5 Å². The van der Waals surface area contributed by atoms with Gasteiger partial charge in [-0.05, 0) is 38.1 Å². The number of anilines is 1. The summed E-state index contributed by atoms with van der Waals surface area (Å²) in [6.45, 7) is 7.08. The first-order chi connectivity index (χ1) is 12.6. The van der Waals surface area contributed by atoms with Crippen molar-refractivity contribution in [1.29, 1.82) is 0 Å². The molecule has 0 aliphatic carbocycles. The van der Waals surface area contributed by atoms with Gasteiger partial charge in [-0.2, -0.15) is 0 Å². The average molecular weight is 355 g/mol. The molecule has 0 radical (unpaired) electrons. The maximum atomic E-state index is 13.0. The van der Waals surface area contributed by atoms with Gasteiger partial charge in [0, 0.05) is 38.4 Å². The van der Waals surface area contributed by atoms with Crippen LogP contribution < -0.4 is 4.90 Å². The Morgan fingerprint density at radius 1 is 1.08 bits per heavy atom. The third-order valence-electron chi connectivity index (χ3n) is 4.89. The van der Waals surface area contributed by atoms with Crippen LogP contribution in [-0.4, -0.2) is 60.4 Å². The molecule has 1 aliphatic heterocycles.